The van der Waals surface area contributed by atoms with Gasteiger partial charge in [-0.1, -0.05) is 0 Å². The number of anilines is 1. The number of piperidine rings is 1. The van der Waals surface area contributed by atoms with E-state index in [0.717, 1.165) is 22.6 Å². The van der Waals surface area contributed by atoms with Gasteiger partial charge in [-0.25, -0.2) is 4.98 Å². The molecule has 0 aromatic carbocycles. The lowest BCUT2D eigenvalue weighted by atomic mass is 10.1. The topological polar surface area (TPSA) is 37.4 Å². The number of nitrogens with zero attached hydrogens (tertiary/aromatic N) is 2. The van der Waals surface area contributed by atoms with E-state index < -0.39 is 0 Å². The van der Waals surface area contributed by atoms with Crippen molar-refractivity contribution < 1.29 is 4.74 Å². The van der Waals surface area contributed by atoms with Crippen LogP contribution in [0.25, 0.3) is 0 Å². The molecule has 18 heavy (non-hydrogen) atoms. The number of nitrogens with one attached hydrogen (secondary N) is 1. The molecule has 1 aromatic rings. The van der Waals surface area contributed by atoms with Crippen LogP contribution in [0.15, 0.2) is 16.9 Å². The minimum atomic E-state index is 0.399. The highest BCUT2D eigenvalue weighted by Crippen LogP contribution is 2.30. The molecule has 1 fully saturated rings. The predicted octanol–water partition coefficient (Wildman–Crippen LogP) is 2.78. The number of halogens is 1. The molecule has 1 N–H and O–H groups in total. The molecule has 0 spiro atoms. The third-order valence-corrected chi connectivity index (χ3v) is 3.86. The summed E-state index contributed by atoms with van der Waals surface area (Å²) in [6, 6.07) is 2.07. The van der Waals surface area contributed by atoms with Crippen molar-refractivity contribution in [3.05, 3.63) is 16.9 Å². The van der Waals surface area contributed by atoms with Gasteiger partial charge in [-0.2, -0.15) is 0 Å². The average Bonchev–Trinajstić information content (AvgIpc) is 2.41. The van der Waals surface area contributed by atoms with Gasteiger partial charge in [-0.05, 0) is 49.2 Å². The number of hydrogen-bond donors (Lipinski definition) is 1. The molecule has 1 aliphatic rings. The van der Waals surface area contributed by atoms with Crippen LogP contribution in [0, 0.1) is 0 Å². The summed E-state index contributed by atoms with van der Waals surface area (Å²) in [6.45, 7) is 3.70. The third kappa shape index (κ3) is 2.95. The van der Waals surface area contributed by atoms with Gasteiger partial charge in [-0.3, -0.25) is 0 Å². The van der Waals surface area contributed by atoms with E-state index in [1.165, 1.54) is 19.3 Å². The van der Waals surface area contributed by atoms with Crippen LogP contribution in [0.1, 0.15) is 26.2 Å². The van der Waals surface area contributed by atoms with Gasteiger partial charge in [0.25, 0.3) is 0 Å². The lowest BCUT2D eigenvalue weighted by Gasteiger charge is -2.37. The molecule has 0 aliphatic carbocycles. The molecule has 2 heterocycles. The summed E-state index contributed by atoms with van der Waals surface area (Å²) in [6.07, 6.45) is 6.00. The van der Waals surface area contributed by atoms with Gasteiger partial charge >= 0.3 is 0 Å². The quantitative estimate of drug-likeness (QED) is 0.867. The van der Waals surface area contributed by atoms with Crippen molar-refractivity contribution >= 4 is 21.6 Å². The standard InChI is InChI=1S/C13H20BrN3O/c1-3-18-11-8-10(9-16-13(11)14)17-7-5-4-6-12(17)15-2/h8-9,12,15H,3-7H2,1-2H3. The van der Waals surface area contributed by atoms with Gasteiger partial charge in [0.2, 0.25) is 0 Å². The number of aromatic nitrogens is 1. The van der Waals surface area contributed by atoms with E-state index in [9.17, 15) is 0 Å². The minimum absolute atomic E-state index is 0.399. The highest BCUT2D eigenvalue weighted by molar-refractivity contribution is 9.10. The van der Waals surface area contributed by atoms with E-state index in [1.807, 2.05) is 20.2 Å². The van der Waals surface area contributed by atoms with E-state index in [0.29, 0.717) is 12.8 Å². The van der Waals surface area contributed by atoms with Crippen LogP contribution >= 0.6 is 15.9 Å². The Balaban J connectivity index is 2.23. The molecule has 1 aromatic heterocycles. The fourth-order valence-corrected chi connectivity index (χ4v) is 2.70. The monoisotopic (exact) mass is 313 g/mol. The Kier molecular flexibility index (Phi) is 4.83. The maximum Gasteiger partial charge on any atom is 0.154 e. The van der Waals surface area contributed by atoms with Crippen LogP contribution in [0.5, 0.6) is 5.75 Å². The van der Waals surface area contributed by atoms with Gasteiger partial charge in [0.15, 0.2) is 5.75 Å². The Hall–Kier alpha value is -0.810. The largest absolute Gasteiger partial charge is 0.491 e. The molecule has 1 saturated heterocycles. The molecule has 0 saturated carbocycles. The van der Waals surface area contributed by atoms with Crippen LogP contribution in [0.4, 0.5) is 5.69 Å². The highest BCUT2D eigenvalue weighted by Gasteiger charge is 2.22. The van der Waals surface area contributed by atoms with Gasteiger partial charge in [0.1, 0.15) is 4.60 Å². The van der Waals surface area contributed by atoms with Crippen molar-refractivity contribution in [2.75, 3.05) is 25.1 Å². The number of pyridine rings is 1. The van der Waals surface area contributed by atoms with Crippen molar-refractivity contribution in [2.45, 2.75) is 32.4 Å². The SMILES string of the molecule is CCOc1cc(N2CCCCC2NC)cnc1Br. The predicted molar refractivity (Wildman–Crippen MR) is 77.2 cm³/mol. The Morgan fingerprint density at radius 2 is 2.39 bits per heavy atom. The van der Waals surface area contributed by atoms with Crippen molar-refractivity contribution in [2.24, 2.45) is 0 Å². The summed E-state index contributed by atoms with van der Waals surface area (Å²) in [5, 5.41) is 3.36. The summed E-state index contributed by atoms with van der Waals surface area (Å²) < 4.78 is 6.35. The number of ether oxygens (including phenoxy) is 1. The minimum Gasteiger partial charge on any atom is -0.491 e. The van der Waals surface area contributed by atoms with Crippen molar-refractivity contribution in [3.63, 3.8) is 0 Å². The lowest BCUT2D eigenvalue weighted by molar-refractivity contribution is 0.336. The van der Waals surface area contributed by atoms with Gasteiger partial charge < -0.3 is 15.0 Å². The first-order valence-corrected chi connectivity index (χ1v) is 7.27. The molecule has 0 bridgehead atoms. The first-order valence-electron chi connectivity index (χ1n) is 6.48. The molecule has 1 atom stereocenters. The summed E-state index contributed by atoms with van der Waals surface area (Å²) in [5.41, 5.74) is 1.13. The van der Waals surface area contributed by atoms with Crippen LogP contribution < -0.4 is 15.0 Å². The fourth-order valence-electron chi connectivity index (χ4n) is 2.37. The molecule has 5 heteroatoms. The van der Waals surface area contributed by atoms with Crippen LogP contribution in [-0.2, 0) is 0 Å². The zero-order valence-electron chi connectivity index (χ0n) is 10.9. The van der Waals surface area contributed by atoms with E-state index in [1.54, 1.807) is 0 Å². The molecule has 0 amide bonds. The summed E-state index contributed by atoms with van der Waals surface area (Å²) in [7, 11) is 2.01. The molecular weight excluding hydrogens is 294 g/mol. The van der Waals surface area contributed by atoms with E-state index in [4.69, 9.17) is 4.74 Å². The van der Waals surface area contributed by atoms with E-state index in [-0.39, 0.29) is 0 Å². The highest BCUT2D eigenvalue weighted by atomic mass is 79.9. The summed E-state index contributed by atoms with van der Waals surface area (Å²) >= 11 is 3.42. The second-order valence-corrected chi connectivity index (χ2v) is 5.16. The third-order valence-electron chi connectivity index (χ3n) is 3.26. The van der Waals surface area contributed by atoms with Crippen molar-refractivity contribution in [1.29, 1.82) is 0 Å². The Morgan fingerprint density at radius 1 is 1.56 bits per heavy atom. The average molecular weight is 314 g/mol. The number of rotatable bonds is 4. The van der Waals surface area contributed by atoms with Gasteiger partial charge in [0, 0.05) is 12.6 Å². The molecule has 1 unspecified atom stereocenters. The second kappa shape index (κ2) is 6.38. The fraction of sp³-hybridized carbons (Fsp3) is 0.615. The molecular formula is C13H20BrN3O. The molecule has 0 radical (unpaired) electrons. The summed E-state index contributed by atoms with van der Waals surface area (Å²) in [4.78, 5) is 6.73. The normalized spacial score (nSPS) is 19.9. The summed E-state index contributed by atoms with van der Waals surface area (Å²) in [5.74, 6) is 0.815. The second-order valence-electron chi connectivity index (χ2n) is 4.41. The van der Waals surface area contributed by atoms with Crippen LogP contribution in [-0.4, -0.2) is 31.3 Å². The lowest BCUT2D eigenvalue weighted by Crippen LogP contribution is -2.47. The van der Waals surface area contributed by atoms with Gasteiger partial charge in [0.05, 0.1) is 24.7 Å². The van der Waals surface area contributed by atoms with E-state index in [2.05, 4.69) is 37.2 Å². The zero-order chi connectivity index (χ0) is 13.0. The molecule has 100 valence electrons. The van der Waals surface area contributed by atoms with Crippen molar-refractivity contribution in [1.82, 2.24) is 10.3 Å². The Bertz CT molecular complexity index is 400. The smallest absolute Gasteiger partial charge is 0.154 e. The zero-order valence-corrected chi connectivity index (χ0v) is 12.5. The maximum absolute atomic E-state index is 5.58. The van der Waals surface area contributed by atoms with Crippen LogP contribution in [0.3, 0.4) is 0 Å². The van der Waals surface area contributed by atoms with Crippen LogP contribution in [0.2, 0.25) is 0 Å². The number of hydrogen-bond acceptors (Lipinski definition) is 4. The Morgan fingerprint density at radius 3 is 3.11 bits per heavy atom. The first kappa shape index (κ1) is 13.6. The first-order chi connectivity index (χ1) is 8.76. The van der Waals surface area contributed by atoms with Crippen molar-refractivity contribution in [3.8, 4) is 5.75 Å². The van der Waals surface area contributed by atoms with Gasteiger partial charge in [-0.15, -0.1) is 0 Å². The Labute approximate surface area is 117 Å². The molecule has 4 nitrogen and oxygen atoms in total. The van der Waals surface area contributed by atoms with E-state index >= 15 is 0 Å². The molecule has 2 rings (SSSR count). The molecule has 1 aliphatic heterocycles. The maximum atomic E-state index is 5.58.